The molecule has 1 aliphatic rings. The number of benzene rings is 1. The van der Waals surface area contributed by atoms with Gasteiger partial charge in [0.25, 0.3) is 11.8 Å². The van der Waals surface area contributed by atoms with E-state index in [-0.39, 0.29) is 23.4 Å². The Kier molecular flexibility index (Phi) is 7.99. The van der Waals surface area contributed by atoms with Crippen LogP contribution in [0, 0.1) is 5.92 Å². The average Bonchev–Trinajstić information content (AvgIpc) is 3.15. The molecule has 0 unspecified atom stereocenters. The number of ether oxygens (including phenoxy) is 1. The van der Waals surface area contributed by atoms with Crippen molar-refractivity contribution in [1.29, 1.82) is 0 Å². The Labute approximate surface area is 188 Å². The fraction of sp³-hybridized carbons (Fsp3) is 0.478. The molecule has 9 nitrogen and oxygen atoms in total. The predicted molar refractivity (Wildman–Crippen MR) is 119 cm³/mol. The Balaban J connectivity index is 1.71. The Morgan fingerprint density at radius 1 is 1.19 bits per heavy atom. The second-order valence-corrected chi connectivity index (χ2v) is 8.18. The van der Waals surface area contributed by atoms with Gasteiger partial charge in [0.05, 0.1) is 6.61 Å². The second kappa shape index (κ2) is 10.9. The van der Waals surface area contributed by atoms with E-state index in [9.17, 15) is 14.4 Å². The number of carbonyl (C=O) groups excluding carboxylic acids is 3. The van der Waals surface area contributed by atoms with E-state index < -0.39 is 11.9 Å². The van der Waals surface area contributed by atoms with Crippen molar-refractivity contribution >= 4 is 17.7 Å². The van der Waals surface area contributed by atoms with Crippen LogP contribution in [0.2, 0.25) is 0 Å². The largest absolute Gasteiger partial charge is 0.383 e. The standard InChI is InChI=1S/C23H31N5O4/c1-16(2)20(22(30)24-10-13-32-3)25-21(29)18-14-19-23(31)27(11-7-12-28(19)26-18)15-17-8-5-4-6-9-17/h4-6,8-9,14,16,20H,7,10-13,15H2,1-3H3,(H,24,30)(H,25,29)/t20-/m1/s1. The molecule has 0 radical (unpaired) electrons. The van der Waals surface area contributed by atoms with E-state index in [0.717, 1.165) is 12.0 Å². The lowest BCUT2D eigenvalue weighted by molar-refractivity contribution is -0.124. The van der Waals surface area contributed by atoms with E-state index in [1.807, 2.05) is 44.2 Å². The first kappa shape index (κ1) is 23.5. The summed E-state index contributed by atoms with van der Waals surface area (Å²) >= 11 is 0. The monoisotopic (exact) mass is 441 g/mol. The zero-order valence-electron chi connectivity index (χ0n) is 18.8. The number of rotatable bonds is 9. The zero-order valence-corrected chi connectivity index (χ0v) is 18.8. The highest BCUT2D eigenvalue weighted by Crippen LogP contribution is 2.17. The lowest BCUT2D eigenvalue weighted by Gasteiger charge is -2.21. The van der Waals surface area contributed by atoms with Crippen LogP contribution < -0.4 is 10.6 Å². The quantitative estimate of drug-likeness (QED) is 0.573. The molecule has 0 fully saturated rings. The smallest absolute Gasteiger partial charge is 0.272 e. The van der Waals surface area contributed by atoms with Crippen molar-refractivity contribution in [3.63, 3.8) is 0 Å². The van der Waals surface area contributed by atoms with Gasteiger partial charge in [-0.25, -0.2) is 0 Å². The maximum Gasteiger partial charge on any atom is 0.272 e. The number of nitrogens with zero attached hydrogens (tertiary/aromatic N) is 3. The third-order valence-electron chi connectivity index (χ3n) is 5.37. The summed E-state index contributed by atoms with van der Waals surface area (Å²) in [6.45, 7) is 6.13. The van der Waals surface area contributed by atoms with E-state index in [1.165, 1.54) is 6.07 Å². The van der Waals surface area contributed by atoms with Gasteiger partial charge in [-0.2, -0.15) is 5.10 Å². The molecule has 0 spiro atoms. The van der Waals surface area contributed by atoms with Crippen LogP contribution in [0.3, 0.4) is 0 Å². The van der Waals surface area contributed by atoms with E-state index in [1.54, 1.807) is 16.7 Å². The predicted octanol–water partition coefficient (Wildman–Crippen LogP) is 1.45. The van der Waals surface area contributed by atoms with E-state index in [4.69, 9.17) is 4.74 Å². The van der Waals surface area contributed by atoms with Crippen LogP contribution in [0.1, 0.15) is 46.8 Å². The molecular weight excluding hydrogens is 410 g/mol. The van der Waals surface area contributed by atoms with Crippen LogP contribution >= 0.6 is 0 Å². The molecule has 3 rings (SSSR count). The molecule has 2 heterocycles. The van der Waals surface area contributed by atoms with Gasteiger partial charge in [0.2, 0.25) is 5.91 Å². The molecule has 0 saturated carbocycles. The number of hydrogen-bond acceptors (Lipinski definition) is 5. The number of carbonyl (C=O) groups is 3. The summed E-state index contributed by atoms with van der Waals surface area (Å²) in [5.74, 6) is -1.04. The highest BCUT2D eigenvalue weighted by atomic mass is 16.5. The van der Waals surface area contributed by atoms with E-state index in [2.05, 4.69) is 15.7 Å². The number of methoxy groups -OCH3 is 1. The number of fused-ring (bicyclic) bond motifs is 1. The fourth-order valence-electron chi connectivity index (χ4n) is 3.64. The molecule has 1 aromatic carbocycles. The van der Waals surface area contributed by atoms with Gasteiger partial charge in [-0.1, -0.05) is 44.2 Å². The van der Waals surface area contributed by atoms with E-state index in [0.29, 0.717) is 38.5 Å². The van der Waals surface area contributed by atoms with Gasteiger partial charge in [-0.3, -0.25) is 19.1 Å². The molecular formula is C23H31N5O4. The third kappa shape index (κ3) is 5.73. The fourth-order valence-corrected chi connectivity index (χ4v) is 3.64. The van der Waals surface area contributed by atoms with Crippen molar-refractivity contribution < 1.29 is 19.1 Å². The van der Waals surface area contributed by atoms with Gasteiger partial charge in [0.1, 0.15) is 11.7 Å². The molecule has 9 heteroatoms. The van der Waals surface area contributed by atoms with Crippen LogP contribution in [0.25, 0.3) is 0 Å². The van der Waals surface area contributed by atoms with Crippen LogP contribution in [0.4, 0.5) is 0 Å². The van der Waals surface area contributed by atoms with Gasteiger partial charge >= 0.3 is 0 Å². The molecule has 1 atom stereocenters. The molecule has 32 heavy (non-hydrogen) atoms. The van der Waals surface area contributed by atoms with Crippen LogP contribution in [-0.2, 0) is 22.6 Å². The van der Waals surface area contributed by atoms with Crippen molar-refractivity contribution in [2.75, 3.05) is 26.8 Å². The minimum absolute atomic E-state index is 0.120. The highest BCUT2D eigenvalue weighted by molar-refractivity contribution is 5.99. The van der Waals surface area contributed by atoms with Crippen LogP contribution in [-0.4, -0.2) is 65.2 Å². The minimum Gasteiger partial charge on any atom is -0.383 e. The molecule has 0 bridgehead atoms. The Bertz CT molecular complexity index is 941. The number of hydrogen-bond donors (Lipinski definition) is 2. The lowest BCUT2D eigenvalue weighted by atomic mass is 10.0. The lowest BCUT2D eigenvalue weighted by Crippen LogP contribution is -2.50. The topological polar surface area (TPSA) is 106 Å². The summed E-state index contributed by atoms with van der Waals surface area (Å²) in [7, 11) is 1.55. The van der Waals surface area contributed by atoms with Crippen molar-refractivity contribution in [1.82, 2.24) is 25.3 Å². The van der Waals surface area contributed by atoms with Crippen molar-refractivity contribution in [2.24, 2.45) is 5.92 Å². The van der Waals surface area contributed by atoms with Gasteiger partial charge in [0, 0.05) is 39.4 Å². The zero-order chi connectivity index (χ0) is 23.1. The summed E-state index contributed by atoms with van der Waals surface area (Å²) in [4.78, 5) is 40.2. The Morgan fingerprint density at radius 3 is 2.62 bits per heavy atom. The first-order valence-electron chi connectivity index (χ1n) is 10.9. The average molecular weight is 442 g/mol. The molecule has 2 N–H and O–H groups in total. The van der Waals surface area contributed by atoms with E-state index >= 15 is 0 Å². The SMILES string of the molecule is COCCNC(=O)[C@H](NC(=O)c1cc2n(n1)CCCN(Cc1ccccc1)C2=O)C(C)C. The number of aromatic nitrogens is 2. The van der Waals surface area contributed by atoms with Gasteiger partial charge in [-0.05, 0) is 17.9 Å². The molecule has 1 aliphatic heterocycles. The number of nitrogens with one attached hydrogen (secondary N) is 2. The molecule has 2 aromatic rings. The minimum atomic E-state index is -0.717. The normalized spacial score (nSPS) is 14.6. The third-order valence-corrected chi connectivity index (χ3v) is 5.37. The molecule has 3 amide bonds. The first-order chi connectivity index (χ1) is 15.4. The van der Waals surface area contributed by atoms with Crippen molar-refractivity contribution in [3.8, 4) is 0 Å². The summed E-state index contributed by atoms with van der Waals surface area (Å²) in [5, 5.41) is 9.86. The number of aryl methyl sites for hydroxylation is 1. The Hall–Kier alpha value is -3.20. The molecule has 0 aliphatic carbocycles. The van der Waals surface area contributed by atoms with Gasteiger partial charge in [-0.15, -0.1) is 0 Å². The number of amides is 3. The summed E-state index contributed by atoms with van der Waals surface area (Å²) in [6.07, 6.45) is 0.741. The maximum atomic E-state index is 13.1. The van der Waals surface area contributed by atoms with Gasteiger partial charge in [0.15, 0.2) is 5.69 Å². The van der Waals surface area contributed by atoms with Crippen LogP contribution in [0.15, 0.2) is 36.4 Å². The second-order valence-electron chi connectivity index (χ2n) is 8.18. The molecule has 172 valence electrons. The van der Waals surface area contributed by atoms with Gasteiger partial charge < -0.3 is 20.3 Å². The van der Waals surface area contributed by atoms with Crippen molar-refractivity contribution in [3.05, 3.63) is 53.3 Å². The van der Waals surface area contributed by atoms with Crippen molar-refractivity contribution in [2.45, 2.75) is 39.4 Å². The molecule has 1 aromatic heterocycles. The molecule has 0 saturated heterocycles. The maximum absolute atomic E-state index is 13.1. The summed E-state index contributed by atoms with van der Waals surface area (Å²) in [5.41, 5.74) is 1.56. The van der Waals surface area contributed by atoms with Crippen LogP contribution in [0.5, 0.6) is 0 Å². The highest BCUT2D eigenvalue weighted by Gasteiger charge is 2.29. The first-order valence-corrected chi connectivity index (χ1v) is 10.9. The summed E-state index contributed by atoms with van der Waals surface area (Å²) in [6, 6.07) is 10.6. The Morgan fingerprint density at radius 2 is 1.94 bits per heavy atom. The summed E-state index contributed by atoms with van der Waals surface area (Å²) < 4.78 is 6.53.